The Morgan fingerprint density at radius 2 is 2.08 bits per heavy atom. The highest BCUT2D eigenvalue weighted by Crippen LogP contribution is 2.33. The van der Waals surface area contributed by atoms with Crippen LogP contribution in [0.1, 0.15) is 60.6 Å². The lowest BCUT2D eigenvalue weighted by molar-refractivity contribution is 0.0725. The third kappa shape index (κ3) is 2.88. The van der Waals surface area contributed by atoms with Crippen LogP contribution in [0, 0.1) is 0 Å². The van der Waals surface area contributed by atoms with Crippen LogP contribution < -0.4 is 0 Å². The number of likely N-dealkylation sites (tertiary alicyclic amines) is 1. The second-order valence-electron chi connectivity index (χ2n) is 6.71. The summed E-state index contributed by atoms with van der Waals surface area (Å²) in [6.45, 7) is 4.82. The van der Waals surface area contributed by atoms with Crippen LogP contribution in [-0.2, 0) is 0 Å². The van der Waals surface area contributed by atoms with E-state index in [9.17, 15) is 4.79 Å². The smallest absolute Gasteiger partial charge is 0.274 e. The molecule has 1 saturated heterocycles. The number of carbonyl (C=O) groups is 1. The molecule has 0 unspecified atom stereocenters. The molecule has 0 bridgehead atoms. The van der Waals surface area contributed by atoms with Gasteiger partial charge >= 0.3 is 0 Å². The SMILES string of the molecule is CC(C)c1cc([C@H]2CCCN2C(=O)c2cnc3ccccc3n2)no1. The van der Waals surface area contributed by atoms with Gasteiger partial charge in [-0.15, -0.1) is 0 Å². The van der Waals surface area contributed by atoms with E-state index in [0.717, 1.165) is 35.3 Å². The zero-order valence-electron chi connectivity index (χ0n) is 14.3. The molecule has 0 spiro atoms. The van der Waals surface area contributed by atoms with E-state index in [4.69, 9.17) is 4.52 Å². The number of carbonyl (C=O) groups excluding carboxylic acids is 1. The molecule has 0 radical (unpaired) electrons. The van der Waals surface area contributed by atoms with Crippen molar-refractivity contribution in [2.24, 2.45) is 0 Å². The van der Waals surface area contributed by atoms with Gasteiger partial charge in [-0.2, -0.15) is 0 Å². The Balaban J connectivity index is 1.63. The summed E-state index contributed by atoms with van der Waals surface area (Å²) in [5.41, 5.74) is 2.71. The third-order valence-corrected chi connectivity index (χ3v) is 4.64. The van der Waals surface area contributed by atoms with Crippen molar-refractivity contribution in [1.82, 2.24) is 20.0 Å². The first-order valence-corrected chi connectivity index (χ1v) is 8.63. The van der Waals surface area contributed by atoms with Crippen LogP contribution in [0.5, 0.6) is 0 Å². The van der Waals surface area contributed by atoms with Crippen molar-refractivity contribution >= 4 is 16.9 Å². The van der Waals surface area contributed by atoms with Crippen molar-refractivity contribution in [2.75, 3.05) is 6.54 Å². The Kier molecular flexibility index (Phi) is 3.95. The number of hydrogen-bond acceptors (Lipinski definition) is 5. The van der Waals surface area contributed by atoms with Gasteiger partial charge in [0.15, 0.2) is 0 Å². The van der Waals surface area contributed by atoms with Gasteiger partial charge in [0.2, 0.25) is 0 Å². The van der Waals surface area contributed by atoms with Gasteiger partial charge in [-0.1, -0.05) is 31.1 Å². The monoisotopic (exact) mass is 336 g/mol. The first-order valence-electron chi connectivity index (χ1n) is 8.63. The second kappa shape index (κ2) is 6.27. The Morgan fingerprint density at radius 1 is 1.28 bits per heavy atom. The van der Waals surface area contributed by atoms with Crippen molar-refractivity contribution in [3.8, 4) is 0 Å². The van der Waals surface area contributed by atoms with Crippen molar-refractivity contribution < 1.29 is 9.32 Å². The van der Waals surface area contributed by atoms with E-state index in [1.54, 1.807) is 6.20 Å². The highest BCUT2D eigenvalue weighted by molar-refractivity contribution is 5.94. The molecule has 0 N–H and O–H groups in total. The topological polar surface area (TPSA) is 72.1 Å². The molecule has 0 saturated carbocycles. The molecule has 25 heavy (non-hydrogen) atoms. The molecule has 0 aliphatic carbocycles. The van der Waals surface area contributed by atoms with Gasteiger partial charge in [0, 0.05) is 18.5 Å². The molecular weight excluding hydrogens is 316 g/mol. The Hall–Kier alpha value is -2.76. The molecule has 3 heterocycles. The number of benzene rings is 1. The maximum absolute atomic E-state index is 13.0. The van der Waals surface area contributed by atoms with E-state index in [1.807, 2.05) is 35.2 Å². The van der Waals surface area contributed by atoms with Gasteiger partial charge in [0.1, 0.15) is 17.1 Å². The lowest BCUT2D eigenvalue weighted by Gasteiger charge is -2.22. The van der Waals surface area contributed by atoms with E-state index in [0.29, 0.717) is 12.2 Å². The summed E-state index contributed by atoms with van der Waals surface area (Å²) < 4.78 is 5.41. The maximum atomic E-state index is 13.0. The van der Waals surface area contributed by atoms with Crippen LogP contribution in [0.2, 0.25) is 0 Å². The largest absolute Gasteiger partial charge is 0.361 e. The predicted molar refractivity (Wildman–Crippen MR) is 93.1 cm³/mol. The molecule has 1 amide bonds. The van der Waals surface area contributed by atoms with Crippen molar-refractivity contribution in [2.45, 2.75) is 38.6 Å². The summed E-state index contributed by atoms with van der Waals surface area (Å²) >= 11 is 0. The van der Waals surface area contributed by atoms with E-state index < -0.39 is 0 Å². The fourth-order valence-corrected chi connectivity index (χ4v) is 3.26. The van der Waals surface area contributed by atoms with Crippen LogP contribution in [0.4, 0.5) is 0 Å². The second-order valence-corrected chi connectivity index (χ2v) is 6.71. The van der Waals surface area contributed by atoms with E-state index >= 15 is 0 Å². The van der Waals surface area contributed by atoms with E-state index in [-0.39, 0.29) is 17.9 Å². The Bertz CT molecular complexity index is 918. The molecule has 1 aliphatic rings. The van der Waals surface area contributed by atoms with Crippen LogP contribution in [0.3, 0.4) is 0 Å². The minimum Gasteiger partial charge on any atom is -0.361 e. The van der Waals surface area contributed by atoms with Crippen molar-refractivity contribution in [1.29, 1.82) is 0 Å². The van der Waals surface area contributed by atoms with Crippen LogP contribution in [-0.4, -0.2) is 32.5 Å². The minimum absolute atomic E-state index is 0.0583. The number of aromatic nitrogens is 3. The average molecular weight is 336 g/mol. The molecule has 2 aromatic heterocycles. The van der Waals surface area contributed by atoms with Crippen molar-refractivity contribution in [3.05, 3.63) is 53.7 Å². The number of fused-ring (bicyclic) bond motifs is 1. The number of nitrogens with zero attached hydrogens (tertiary/aromatic N) is 4. The number of rotatable bonds is 3. The van der Waals surface area contributed by atoms with E-state index in [2.05, 4.69) is 29.0 Å². The highest BCUT2D eigenvalue weighted by atomic mass is 16.5. The lowest BCUT2D eigenvalue weighted by Crippen LogP contribution is -2.31. The summed E-state index contributed by atoms with van der Waals surface area (Å²) in [7, 11) is 0. The van der Waals surface area contributed by atoms with E-state index in [1.165, 1.54) is 0 Å². The molecule has 6 nitrogen and oxygen atoms in total. The van der Waals surface area contributed by atoms with Crippen LogP contribution in [0.15, 0.2) is 41.1 Å². The highest BCUT2D eigenvalue weighted by Gasteiger charge is 2.33. The Labute approximate surface area is 145 Å². The molecule has 1 atom stereocenters. The number of amides is 1. The van der Waals surface area contributed by atoms with Gasteiger partial charge in [0.05, 0.1) is 23.3 Å². The fraction of sp³-hybridized carbons (Fsp3) is 0.368. The van der Waals surface area contributed by atoms with Crippen molar-refractivity contribution in [3.63, 3.8) is 0 Å². The third-order valence-electron chi connectivity index (χ3n) is 4.64. The quantitative estimate of drug-likeness (QED) is 0.729. The molecular formula is C19H20N4O2. The zero-order chi connectivity index (χ0) is 17.4. The molecule has 1 aromatic carbocycles. The first-order chi connectivity index (χ1) is 12.1. The molecule has 1 fully saturated rings. The summed E-state index contributed by atoms with van der Waals surface area (Å²) in [6.07, 6.45) is 3.39. The van der Waals surface area contributed by atoms with Gasteiger partial charge < -0.3 is 9.42 Å². The van der Waals surface area contributed by atoms with Crippen LogP contribution in [0.25, 0.3) is 11.0 Å². The summed E-state index contributed by atoms with van der Waals surface area (Å²) in [4.78, 5) is 23.7. The summed E-state index contributed by atoms with van der Waals surface area (Å²) in [5.74, 6) is 1.02. The lowest BCUT2D eigenvalue weighted by atomic mass is 10.1. The summed E-state index contributed by atoms with van der Waals surface area (Å²) in [5, 5.41) is 4.19. The molecule has 6 heteroatoms. The minimum atomic E-state index is -0.102. The predicted octanol–water partition coefficient (Wildman–Crippen LogP) is 3.72. The van der Waals surface area contributed by atoms with Crippen LogP contribution >= 0.6 is 0 Å². The normalized spacial score (nSPS) is 17.6. The maximum Gasteiger partial charge on any atom is 0.274 e. The standard InChI is InChI=1S/C19H20N4O2/c1-12(2)18-10-15(22-25-18)17-8-5-9-23(17)19(24)16-11-20-13-6-3-4-7-14(13)21-16/h3-4,6-7,10-12,17H,5,8-9H2,1-2H3/t17-/m1/s1. The molecule has 3 aromatic rings. The van der Waals surface area contributed by atoms with Gasteiger partial charge in [0.25, 0.3) is 5.91 Å². The Morgan fingerprint density at radius 3 is 2.84 bits per heavy atom. The number of para-hydroxylation sites is 2. The first kappa shape index (κ1) is 15.7. The van der Waals surface area contributed by atoms with Gasteiger partial charge in [-0.05, 0) is 25.0 Å². The molecule has 1 aliphatic heterocycles. The fourth-order valence-electron chi connectivity index (χ4n) is 3.26. The van der Waals surface area contributed by atoms with Gasteiger partial charge in [-0.25, -0.2) is 4.98 Å². The molecule has 128 valence electrons. The average Bonchev–Trinajstić information content (AvgIpc) is 3.29. The number of hydrogen-bond donors (Lipinski definition) is 0. The van der Waals surface area contributed by atoms with Gasteiger partial charge in [-0.3, -0.25) is 9.78 Å². The zero-order valence-corrected chi connectivity index (χ0v) is 14.3. The molecule has 4 rings (SSSR count). The summed E-state index contributed by atoms with van der Waals surface area (Å²) in [6, 6.07) is 9.47.